The number of hydrogen-bond donors (Lipinski definition) is 2. The smallest absolute Gasteiger partial charge is 0.274 e. The Labute approximate surface area is 185 Å². The molecular weight excluding hydrogens is 407 g/mol. The largest absolute Gasteiger partial charge is 0.373 e. The Morgan fingerprint density at radius 2 is 1.78 bits per heavy atom. The summed E-state index contributed by atoms with van der Waals surface area (Å²) < 4.78 is 13.9. The van der Waals surface area contributed by atoms with Crippen LogP contribution in [0.1, 0.15) is 41.5 Å². The topological polar surface area (TPSA) is 92.7 Å². The average Bonchev–Trinajstić information content (AvgIpc) is 2.79. The molecule has 4 aromatic rings. The molecule has 4 heterocycles. The second-order valence-corrected chi connectivity index (χ2v) is 7.79. The molecule has 4 aromatic heterocycles. The van der Waals surface area contributed by atoms with Gasteiger partial charge in [0.2, 0.25) is 0 Å². The van der Waals surface area contributed by atoms with Gasteiger partial charge in [0.1, 0.15) is 17.3 Å². The van der Waals surface area contributed by atoms with Gasteiger partial charge in [-0.2, -0.15) is 0 Å². The molecule has 0 radical (unpaired) electrons. The molecule has 0 unspecified atom stereocenters. The number of carbonyl (C=O) groups is 1. The Balaban J connectivity index is 1.64. The van der Waals surface area contributed by atoms with E-state index in [1.54, 1.807) is 18.6 Å². The van der Waals surface area contributed by atoms with Crippen molar-refractivity contribution < 1.29 is 9.18 Å². The quantitative estimate of drug-likeness (QED) is 0.465. The molecule has 8 heteroatoms. The first-order valence-corrected chi connectivity index (χ1v) is 10.2. The number of nitrogens with one attached hydrogen (secondary N) is 2. The fraction of sp³-hybridized carbons (Fsp3) is 0.208. The monoisotopic (exact) mass is 430 g/mol. The first-order valence-electron chi connectivity index (χ1n) is 10.2. The lowest BCUT2D eigenvalue weighted by atomic mass is 10.0. The van der Waals surface area contributed by atoms with Crippen molar-refractivity contribution in [1.82, 2.24) is 19.9 Å². The molecule has 0 aliphatic heterocycles. The van der Waals surface area contributed by atoms with Crippen LogP contribution in [-0.4, -0.2) is 32.9 Å². The van der Waals surface area contributed by atoms with E-state index in [4.69, 9.17) is 0 Å². The van der Waals surface area contributed by atoms with E-state index in [0.717, 1.165) is 39.7 Å². The van der Waals surface area contributed by atoms with Gasteiger partial charge in [-0.1, -0.05) is 13.8 Å². The van der Waals surface area contributed by atoms with Gasteiger partial charge in [0, 0.05) is 47.7 Å². The minimum Gasteiger partial charge on any atom is -0.373 e. The van der Waals surface area contributed by atoms with Gasteiger partial charge < -0.3 is 10.6 Å². The Kier molecular flexibility index (Phi) is 5.77. The third-order valence-corrected chi connectivity index (χ3v) is 5.22. The van der Waals surface area contributed by atoms with Gasteiger partial charge >= 0.3 is 0 Å². The second-order valence-electron chi connectivity index (χ2n) is 7.79. The molecular formula is C24H23FN6O. The van der Waals surface area contributed by atoms with E-state index in [-0.39, 0.29) is 11.6 Å². The first-order chi connectivity index (χ1) is 15.4. The highest BCUT2D eigenvalue weighted by molar-refractivity contribution is 6.03. The van der Waals surface area contributed by atoms with E-state index in [1.807, 2.05) is 46.0 Å². The molecule has 162 valence electrons. The zero-order valence-electron chi connectivity index (χ0n) is 18.3. The number of rotatable bonds is 5. The van der Waals surface area contributed by atoms with Crippen molar-refractivity contribution in [3.8, 4) is 11.1 Å². The predicted octanol–water partition coefficient (Wildman–Crippen LogP) is 4.95. The van der Waals surface area contributed by atoms with Gasteiger partial charge in [0.25, 0.3) is 5.91 Å². The number of amides is 1. The van der Waals surface area contributed by atoms with Crippen LogP contribution in [0.2, 0.25) is 0 Å². The normalized spacial score (nSPS) is 11.1. The van der Waals surface area contributed by atoms with Crippen LogP contribution in [-0.2, 0) is 0 Å². The highest BCUT2D eigenvalue weighted by Gasteiger charge is 2.15. The van der Waals surface area contributed by atoms with Crippen LogP contribution in [0.3, 0.4) is 0 Å². The standard InChI is InChI=1S/C24H23FN6O/c1-13(2)18-7-22(29-12-20(18)25)24(32)31-17-6-19(14(3)27-11-17)15-5-16-10-30-23(26-4)8-21(16)28-9-15/h5-13H,1-4H3,(H,26,30)(H,31,32). The van der Waals surface area contributed by atoms with Crippen LogP contribution < -0.4 is 10.6 Å². The van der Waals surface area contributed by atoms with Gasteiger partial charge in [0.15, 0.2) is 0 Å². The maximum Gasteiger partial charge on any atom is 0.274 e. The van der Waals surface area contributed by atoms with E-state index in [1.165, 1.54) is 6.07 Å². The van der Waals surface area contributed by atoms with Crippen LogP contribution in [0.25, 0.3) is 22.0 Å². The van der Waals surface area contributed by atoms with E-state index >= 15 is 0 Å². The average molecular weight is 430 g/mol. The maximum atomic E-state index is 13.9. The minimum atomic E-state index is -0.427. The number of carbonyl (C=O) groups excluding carboxylic acids is 1. The van der Waals surface area contributed by atoms with Crippen molar-refractivity contribution in [2.24, 2.45) is 0 Å². The summed E-state index contributed by atoms with van der Waals surface area (Å²) in [6.07, 6.45) is 6.20. The van der Waals surface area contributed by atoms with Crippen molar-refractivity contribution in [2.75, 3.05) is 17.7 Å². The summed E-state index contributed by atoms with van der Waals surface area (Å²) in [5.41, 5.74) is 4.43. The fourth-order valence-corrected chi connectivity index (χ4v) is 3.42. The molecule has 0 atom stereocenters. The van der Waals surface area contributed by atoms with Crippen molar-refractivity contribution in [2.45, 2.75) is 26.7 Å². The third kappa shape index (κ3) is 4.25. The summed E-state index contributed by atoms with van der Waals surface area (Å²) in [5, 5.41) is 6.70. The van der Waals surface area contributed by atoms with Crippen LogP contribution in [0.4, 0.5) is 15.9 Å². The first kappa shape index (κ1) is 21.3. The molecule has 0 aromatic carbocycles. The molecule has 7 nitrogen and oxygen atoms in total. The number of nitrogens with zero attached hydrogens (tertiary/aromatic N) is 4. The lowest BCUT2D eigenvalue weighted by Crippen LogP contribution is -2.15. The molecule has 0 saturated heterocycles. The van der Waals surface area contributed by atoms with E-state index in [0.29, 0.717) is 11.3 Å². The minimum absolute atomic E-state index is 0.0590. The second kappa shape index (κ2) is 8.66. The van der Waals surface area contributed by atoms with Crippen LogP contribution in [0, 0.1) is 12.7 Å². The number of aryl methyl sites for hydroxylation is 1. The SMILES string of the molecule is CNc1cc2ncc(-c3cc(NC(=O)c4cc(C(C)C)c(F)cn4)cnc3C)cc2cn1. The highest BCUT2D eigenvalue weighted by atomic mass is 19.1. The van der Waals surface area contributed by atoms with E-state index in [9.17, 15) is 9.18 Å². The molecule has 32 heavy (non-hydrogen) atoms. The number of aromatic nitrogens is 4. The molecule has 0 fully saturated rings. The lowest BCUT2D eigenvalue weighted by Gasteiger charge is -2.12. The Morgan fingerprint density at radius 1 is 0.969 bits per heavy atom. The summed E-state index contributed by atoms with van der Waals surface area (Å²) in [5.74, 6) is -0.161. The van der Waals surface area contributed by atoms with Crippen LogP contribution in [0.15, 0.2) is 49.1 Å². The number of halogens is 1. The number of pyridine rings is 4. The maximum absolute atomic E-state index is 13.9. The molecule has 0 aliphatic rings. The molecule has 0 bridgehead atoms. The van der Waals surface area contributed by atoms with E-state index < -0.39 is 11.7 Å². The Hall–Kier alpha value is -3.94. The summed E-state index contributed by atoms with van der Waals surface area (Å²) in [6, 6.07) is 7.19. The Bertz CT molecular complexity index is 1320. The van der Waals surface area contributed by atoms with Crippen molar-refractivity contribution in [3.05, 3.63) is 71.8 Å². The number of hydrogen-bond acceptors (Lipinski definition) is 6. The molecule has 0 saturated carbocycles. The summed E-state index contributed by atoms with van der Waals surface area (Å²) >= 11 is 0. The predicted molar refractivity (Wildman–Crippen MR) is 123 cm³/mol. The molecule has 0 spiro atoms. The molecule has 4 rings (SSSR count). The molecule has 0 aliphatic carbocycles. The summed E-state index contributed by atoms with van der Waals surface area (Å²) in [4.78, 5) is 30.0. The van der Waals surface area contributed by atoms with Crippen molar-refractivity contribution in [3.63, 3.8) is 0 Å². The van der Waals surface area contributed by atoms with Crippen molar-refractivity contribution >= 4 is 28.3 Å². The Morgan fingerprint density at radius 3 is 2.53 bits per heavy atom. The zero-order chi connectivity index (χ0) is 22.8. The number of anilines is 2. The fourth-order valence-electron chi connectivity index (χ4n) is 3.42. The van der Waals surface area contributed by atoms with Crippen LogP contribution >= 0.6 is 0 Å². The van der Waals surface area contributed by atoms with Gasteiger partial charge in [0.05, 0.1) is 23.6 Å². The molecule has 2 N–H and O–H groups in total. The van der Waals surface area contributed by atoms with Gasteiger partial charge in [-0.25, -0.2) is 14.4 Å². The third-order valence-electron chi connectivity index (χ3n) is 5.22. The molecule has 1 amide bonds. The number of fused-ring (bicyclic) bond motifs is 1. The van der Waals surface area contributed by atoms with Gasteiger partial charge in [-0.3, -0.25) is 14.8 Å². The summed E-state index contributed by atoms with van der Waals surface area (Å²) in [6.45, 7) is 5.62. The highest BCUT2D eigenvalue weighted by Crippen LogP contribution is 2.28. The van der Waals surface area contributed by atoms with Crippen molar-refractivity contribution in [1.29, 1.82) is 0 Å². The van der Waals surface area contributed by atoms with Gasteiger partial charge in [-0.05, 0) is 36.6 Å². The zero-order valence-corrected chi connectivity index (χ0v) is 18.3. The summed E-state index contributed by atoms with van der Waals surface area (Å²) in [7, 11) is 1.81. The van der Waals surface area contributed by atoms with Gasteiger partial charge in [-0.15, -0.1) is 0 Å². The van der Waals surface area contributed by atoms with Crippen LogP contribution in [0.5, 0.6) is 0 Å². The van der Waals surface area contributed by atoms with E-state index in [2.05, 4.69) is 30.6 Å². The lowest BCUT2D eigenvalue weighted by molar-refractivity contribution is 0.102.